The van der Waals surface area contributed by atoms with E-state index in [9.17, 15) is 0 Å². The van der Waals surface area contributed by atoms with Crippen molar-refractivity contribution in [2.75, 3.05) is 37.6 Å². The molecular weight excluding hydrogens is 282 g/mol. The molecule has 1 N–H and O–H groups in total. The molecule has 1 fully saturated rings. The fourth-order valence-corrected chi connectivity index (χ4v) is 2.99. The second-order valence-electron chi connectivity index (χ2n) is 6.14. The van der Waals surface area contributed by atoms with Gasteiger partial charge < -0.3 is 10.2 Å². The molecule has 4 heteroatoms. The zero-order valence-corrected chi connectivity index (χ0v) is 14.3. The van der Waals surface area contributed by atoms with Gasteiger partial charge in [0.05, 0.1) is 0 Å². The summed E-state index contributed by atoms with van der Waals surface area (Å²) in [6.45, 7) is 13.2. The van der Waals surface area contributed by atoms with E-state index in [2.05, 4.69) is 48.0 Å². The van der Waals surface area contributed by atoms with Gasteiger partial charge in [0.2, 0.25) is 0 Å². The van der Waals surface area contributed by atoms with Crippen LogP contribution in [0.4, 0.5) is 5.69 Å². The first-order chi connectivity index (χ1) is 10.1. The molecule has 0 aromatic heterocycles. The van der Waals surface area contributed by atoms with Gasteiger partial charge in [-0.3, -0.25) is 4.90 Å². The van der Waals surface area contributed by atoms with Gasteiger partial charge >= 0.3 is 0 Å². The van der Waals surface area contributed by atoms with Gasteiger partial charge in [-0.2, -0.15) is 0 Å². The molecule has 0 bridgehead atoms. The molecule has 3 nitrogen and oxygen atoms in total. The van der Waals surface area contributed by atoms with E-state index in [-0.39, 0.29) is 0 Å². The van der Waals surface area contributed by atoms with E-state index >= 15 is 0 Å². The highest BCUT2D eigenvalue weighted by Crippen LogP contribution is 2.26. The fraction of sp³-hybridized carbons (Fsp3) is 0.647. The first-order valence-electron chi connectivity index (χ1n) is 8.09. The van der Waals surface area contributed by atoms with Gasteiger partial charge in [-0.05, 0) is 30.7 Å². The number of halogens is 1. The number of nitrogens with zero attached hydrogens (tertiary/aromatic N) is 2. The number of piperazine rings is 1. The monoisotopic (exact) mass is 309 g/mol. The van der Waals surface area contributed by atoms with Gasteiger partial charge in [0.1, 0.15) is 0 Å². The van der Waals surface area contributed by atoms with E-state index in [1.807, 2.05) is 6.07 Å². The average Bonchev–Trinajstić information content (AvgIpc) is 2.47. The van der Waals surface area contributed by atoms with Gasteiger partial charge in [0, 0.05) is 49.5 Å². The molecular formula is C17H28ClN3. The minimum Gasteiger partial charge on any atom is -0.369 e. The molecule has 118 valence electrons. The lowest BCUT2D eigenvalue weighted by atomic mass is 10.1. The van der Waals surface area contributed by atoms with E-state index in [1.54, 1.807) is 0 Å². The van der Waals surface area contributed by atoms with Crippen molar-refractivity contribution in [3.63, 3.8) is 0 Å². The maximum Gasteiger partial charge on any atom is 0.0427 e. The van der Waals surface area contributed by atoms with Crippen LogP contribution < -0.4 is 10.2 Å². The Morgan fingerprint density at radius 3 is 2.52 bits per heavy atom. The number of rotatable bonds is 6. The van der Waals surface area contributed by atoms with Crippen LogP contribution in [0.5, 0.6) is 0 Å². The van der Waals surface area contributed by atoms with Crippen molar-refractivity contribution in [3.8, 4) is 0 Å². The highest BCUT2D eigenvalue weighted by Gasteiger charge is 2.18. The molecule has 0 saturated carbocycles. The quantitative estimate of drug-likeness (QED) is 0.869. The third-order valence-electron chi connectivity index (χ3n) is 4.00. The standard InChI is InChI=1S/C17H28ClN3/c1-4-7-20-8-10-21(11-9-20)17-12-16(18)6-5-15(17)13-19-14(2)3/h5-6,12,14,19H,4,7-11,13H2,1-3H3. The Morgan fingerprint density at radius 1 is 1.19 bits per heavy atom. The average molecular weight is 310 g/mol. The number of hydrogen-bond acceptors (Lipinski definition) is 3. The molecule has 0 aliphatic carbocycles. The number of anilines is 1. The molecule has 0 radical (unpaired) electrons. The van der Waals surface area contributed by atoms with E-state index in [1.165, 1.54) is 24.2 Å². The summed E-state index contributed by atoms with van der Waals surface area (Å²) < 4.78 is 0. The second kappa shape index (κ2) is 8.02. The highest BCUT2D eigenvalue weighted by atomic mass is 35.5. The Hall–Kier alpha value is -0.770. The lowest BCUT2D eigenvalue weighted by Crippen LogP contribution is -2.47. The Balaban J connectivity index is 2.06. The van der Waals surface area contributed by atoms with Crippen LogP contribution in [0.3, 0.4) is 0 Å². The molecule has 1 aromatic rings. The molecule has 1 aliphatic rings. The van der Waals surface area contributed by atoms with Gasteiger partial charge in [0.25, 0.3) is 0 Å². The molecule has 0 spiro atoms. The van der Waals surface area contributed by atoms with Crippen LogP contribution >= 0.6 is 11.6 Å². The molecule has 2 rings (SSSR count). The molecule has 21 heavy (non-hydrogen) atoms. The third-order valence-corrected chi connectivity index (χ3v) is 4.24. The van der Waals surface area contributed by atoms with E-state index in [4.69, 9.17) is 11.6 Å². The van der Waals surface area contributed by atoms with E-state index in [0.29, 0.717) is 6.04 Å². The highest BCUT2D eigenvalue weighted by molar-refractivity contribution is 6.30. The minimum atomic E-state index is 0.495. The molecule has 0 atom stereocenters. The summed E-state index contributed by atoms with van der Waals surface area (Å²) in [4.78, 5) is 5.03. The summed E-state index contributed by atoms with van der Waals surface area (Å²) in [6.07, 6.45) is 1.24. The predicted octanol–water partition coefficient (Wildman–Crippen LogP) is 3.37. The Labute approximate surface area is 134 Å². The molecule has 1 aromatic carbocycles. The topological polar surface area (TPSA) is 18.5 Å². The Morgan fingerprint density at radius 2 is 1.90 bits per heavy atom. The fourth-order valence-electron chi connectivity index (χ4n) is 2.82. The summed E-state index contributed by atoms with van der Waals surface area (Å²) in [5.74, 6) is 0. The van der Waals surface area contributed by atoms with Gasteiger partial charge in [-0.1, -0.05) is 38.4 Å². The van der Waals surface area contributed by atoms with Crippen molar-refractivity contribution in [2.24, 2.45) is 0 Å². The lowest BCUT2D eigenvalue weighted by molar-refractivity contribution is 0.258. The predicted molar refractivity (Wildman–Crippen MR) is 92.4 cm³/mol. The van der Waals surface area contributed by atoms with Crippen LogP contribution in [0.25, 0.3) is 0 Å². The van der Waals surface area contributed by atoms with Crippen molar-refractivity contribution in [3.05, 3.63) is 28.8 Å². The van der Waals surface area contributed by atoms with Gasteiger partial charge in [-0.15, -0.1) is 0 Å². The number of hydrogen-bond donors (Lipinski definition) is 1. The molecule has 0 amide bonds. The number of nitrogens with one attached hydrogen (secondary N) is 1. The van der Waals surface area contributed by atoms with Crippen molar-refractivity contribution in [1.29, 1.82) is 0 Å². The molecule has 1 aliphatic heterocycles. The Kier molecular flexibility index (Phi) is 6.34. The van der Waals surface area contributed by atoms with Crippen molar-refractivity contribution >= 4 is 17.3 Å². The van der Waals surface area contributed by atoms with Crippen molar-refractivity contribution < 1.29 is 0 Å². The molecule has 1 saturated heterocycles. The van der Waals surface area contributed by atoms with Crippen LogP contribution in [0.1, 0.15) is 32.8 Å². The smallest absolute Gasteiger partial charge is 0.0427 e. The first-order valence-corrected chi connectivity index (χ1v) is 8.47. The van der Waals surface area contributed by atoms with Crippen molar-refractivity contribution in [2.45, 2.75) is 39.8 Å². The van der Waals surface area contributed by atoms with Gasteiger partial charge in [-0.25, -0.2) is 0 Å². The van der Waals surface area contributed by atoms with Crippen LogP contribution in [0.2, 0.25) is 5.02 Å². The van der Waals surface area contributed by atoms with Gasteiger partial charge in [0.15, 0.2) is 0 Å². The lowest BCUT2D eigenvalue weighted by Gasteiger charge is -2.37. The number of benzene rings is 1. The summed E-state index contributed by atoms with van der Waals surface area (Å²) in [5, 5.41) is 4.34. The maximum absolute atomic E-state index is 6.22. The third kappa shape index (κ3) is 4.87. The largest absolute Gasteiger partial charge is 0.369 e. The normalized spacial score (nSPS) is 16.7. The summed E-state index contributed by atoms with van der Waals surface area (Å²) in [6, 6.07) is 6.77. The molecule has 1 heterocycles. The summed E-state index contributed by atoms with van der Waals surface area (Å²) >= 11 is 6.22. The zero-order valence-electron chi connectivity index (χ0n) is 13.5. The van der Waals surface area contributed by atoms with Crippen LogP contribution in [0, 0.1) is 0 Å². The Bertz CT molecular complexity index is 440. The second-order valence-corrected chi connectivity index (χ2v) is 6.57. The zero-order chi connectivity index (χ0) is 15.2. The molecule has 0 unspecified atom stereocenters. The van der Waals surface area contributed by atoms with E-state index in [0.717, 1.165) is 37.7 Å². The summed E-state index contributed by atoms with van der Waals surface area (Å²) in [7, 11) is 0. The van der Waals surface area contributed by atoms with Crippen molar-refractivity contribution in [1.82, 2.24) is 10.2 Å². The SMILES string of the molecule is CCCN1CCN(c2cc(Cl)ccc2CNC(C)C)CC1. The van der Waals surface area contributed by atoms with E-state index < -0.39 is 0 Å². The minimum absolute atomic E-state index is 0.495. The van der Waals surface area contributed by atoms with Crippen LogP contribution in [0.15, 0.2) is 18.2 Å². The van der Waals surface area contributed by atoms with Crippen LogP contribution in [-0.4, -0.2) is 43.7 Å². The van der Waals surface area contributed by atoms with Crippen LogP contribution in [-0.2, 0) is 6.54 Å². The first kappa shape index (κ1) is 16.6. The maximum atomic E-state index is 6.22. The summed E-state index contributed by atoms with van der Waals surface area (Å²) in [5.41, 5.74) is 2.64.